The molecule has 0 N–H and O–H groups in total. The first-order chi connectivity index (χ1) is 8.91. The normalized spacial score (nSPS) is 13.2. The smallest absolute Gasteiger partial charge is 0.200 e. The number of hydrogen-bond donors (Lipinski definition) is 0. The molecule has 1 aromatic carbocycles. The molecule has 19 heavy (non-hydrogen) atoms. The second-order valence-corrected chi connectivity index (χ2v) is 6.57. The molecule has 0 bridgehead atoms. The molecule has 2 aromatic rings. The van der Waals surface area contributed by atoms with Crippen molar-refractivity contribution in [3.05, 3.63) is 42.2 Å². The largest absolute Gasteiger partial charge is 0.291 e. The van der Waals surface area contributed by atoms with E-state index in [0.717, 1.165) is 6.26 Å². The van der Waals surface area contributed by atoms with Crippen molar-refractivity contribution in [2.75, 3.05) is 6.26 Å². The average molecular weight is 279 g/mol. The van der Waals surface area contributed by atoms with E-state index in [2.05, 4.69) is 10.3 Å². The number of carbonyl (C=O) groups is 1. The summed E-state index contributed by atoms with van der Waals surface area (Å²) in [6, 6.07) is 8.95. The summed E-state index contributed by atoms with van der Waals surface area (Å²) in [5.41, 5.74) is 0.813. The van der Waals surface area contributed by atoms with Crippen molar-refractivity contribution >= 4 is 15.6 Å². The van der Waals surface area contributed by atoms with Crippen molar-refractivity contribution in [1.82, 2.24) is 15.0 Å². The number of hydrogen-bond acceptors (Lipinski definition) is 5. The first-order valence-corrected chi connectivity index (χ1v) is 7.56. The van der Waals surface area contributed by atoms with E-state index >= 15 is 0 Å². The molecule has 0 saturated carbocycles. The lowest BCUT2D eigenvalue weighted by molar-refractivity contribution is 0.0984. The van der Waals surface area contributed by atoms with Gasteiger partial charge in [0, 0.05) is 6.26 Å². The molecule has 0 radical (unpaired) electrons. The fourth-order valence-corrected chi connectivity index (χ4v) is 2.08. The van der Waals surface area contributed by atoms with Crippen LogP contribution < -0.4 is 0 Å². The molecular formula is C12H13N3O3S. The van der Waals surface area contributed by atoms with Gasteiger partial charge in [-0.3, -0.25) is 4.79 Å². The Hall–Kier alpha value is -2.02. The molecule has 0 spiro atoms. The molecule has 2 rings (SSSR count). The van der Waals surface area contributed by atoms with E-state index in [1.807, 2.05) is 6.07 Å². The van der Waals surface area contributed by atoms with Crippen LogP contribution >= 0.6 is 0 Å². The lowest BCUT2D eigenvalue weighted by Crippen LogP contribution is -2.28. The van der Waals surface area contributed by atoms with Crippen molar-refractivity contribution in [3.63, 3.8) is 0 Å². The lowest BCUT2D eigenvalue weighted by atomic mass is 10.2. The Bertz CT molecular complexity index is 692. The lowest BCUT2D eigenvalue weighted by Gasteiger charge is -2.09. The summed E-state index contributed by atoms with van der Waals surface area (Å²) >= 11 is 0. The Kier molecular flexibility index (Phi) is 3.48. The number of nitrogens with zero attached hydrogens (tertiary/aromatic N) is 3. The number of Topliss-reactive ketones (excluding diaryl/α,β-unsaturated/α-hetero) is 1. The number of para-hydroxylation sites is 1. The fraction of sp³-hybridized carbons (Fsp3) is 0.250. The van der Waals surface area contributed by atoms with Crippen LogP contribution in [0, 0.1) is 0 Å². The highest BCUT2D eigenvalue weighted by Crippen LogP contribution is 2.13. The molecule has 1 unspecified atom stereocenters. The zero-order valence-electron chi connectivity index (χ0n) is 10.5. The maximum Gasteiger partial charge on any atom is 0.200 e. The van der Waals surface area contributed by atoms with Crippen LogP contribution in [0.5, 0.6) is 0 Å². The summed E-state index contributed by atoms with van der Waals surface area (Å²) in [4.78, 5) is 12.2. The molecule has 0 aliphatic rings. The third-order valence-electron chi connectivity index (χ3n) is 2.81. The van der Waals surface area contributed by atoms with Crippen molar-refractivity contribution in [3.8, 4) is 5.69 Å². The minimum Gasteiger partial charge on any atom is -0.291 e. The second kappa shape index (κ2) is 4.93. The van der Waals surface area contributed by atoms with Crippen LogP contribution in [0.25, 0.3) is 5.69 Å². The van der Waals surface area contributed by atoms with Gasteiger partial charge < -0.3 is 0 Å². The third-order valence-corrected chi connectivity index (χ3v) is 4.31. The van der Waals surface area contributed by atoms with Gasteiger partial charge >= 0.3 is 0 Å². The molecule has 0 fully saturated rings. The number of sulfone groups is 1. The van der Waals surface area contributed by atoms with Gasteiger partial charge in [-0.1, -0.05) is 23.4 Å². The Balaban J connectivity index is 2.44. The summed E-state index contributed by atoms with van der Waals surface area (Å²) in [6.07, 6.45) is 2.31. The van der Waals surface area contributed by atoms with Crippen molar-refractivity contribution in [1.29, 1.82) is 0 Å². The Labute approximate surface area is 111 Å². The minimum absolute atomic E-state index is 0.157. The third kappa shape index (κ3) is 2.70. The van der Waals surface area contributed by atoms with E-state index in [9.17, 15) is 13.2 Å². The molecule has 0 amide bonds. The zero-order chi connectivity index (χ0) is 14.0. The SMILES string of the molecule is CC(C(=O)c1cnnn1-c1ccccc1)S(C)(=O)=O. The van der Waals surface area contributed by atoms with Crippen molar-refractivity contribution in [2.45, 2.75) is 12.2 Å². The predicted octanol–water partition coefficient (Wildman–Crippen LogP) is 0.883. The highest BCUT2D eigenvalue weighted by Gasteiger charge is 2.28. The quantitative estimate of drug-likeness (QED) is 0.776. The molecule has 1 atom stereocenters. The van der Waals surface area contributed by atoms with E-state index in [1.54, 1.807) is 24.3 Å². The van der Waals surface area contributed by atoms with Gasteiger partial charge in [0.05, 0.1) is 11.9 Å². The second-order valence-electron chi connectivity index (χ2n) is 4.20. The van der Waals surface area contributed by atoms with Gasteiger partial charge in [-0.2, -0.15) is 0 Å². The molecule has 0 aliphatic heterocycles. The predicted molar refractivity (Wildman–Crippen MR) is 70.0 cm³/mol. The van der Waals surface area contributed by atoms with Gasteiger partial charge in [-0.25, -0.2) is 13.1 Å². The van der Waals surface area contributed by atoms with Crippen LogP contribution in [0.15, 0.2) is 36.5 Å². The van der Waals surface area contributed by atoms with E-state index in [4.69, 9.17) is 0 Å². The maximum atomic E-state index is 12.2. The number of carbonyl (C=O) groups excluding carboxylic acids is 1. The van der Waals surface area contributed by atoms with Crippen LogP contribution in [-0.4, -0.2) is 40.7 Å². The van der Waals surface area contributed by atoms with Gasteiger partial charge in [-0.05, 0) is 19.1 Å². The van der Waals surface area contributed by atoms with Gasteiger partial charge in [0.15, 0.2) is 9.84 Å². The van der Waals surface area contributed by atoms with E-state index in [0.29, 0.717) is 5.69 Å². The number of ketones is 1. The topological polar surface area (TPSA) is 81.9 Å². The molecule has 100 valence electrons. The number of rotatable bonds is 4. The maximum absolute atomic E-state index is 12.2. The van der Waals surface area contributed by atoms with E-state index in [1.165, 1.54) is 17.8 Å². The van der Waals surface area contributed by atoms with E-state index < -0.39 is 20.9 Å². The van der Waals surface area contributed by atoms with Gasteiger partial charge in [0.25, 0.3) is 0 Å². The summed E-state index contributed by atoms with van der Waals surface area (Å²) in [6.45, 7) is 1.36. The number of benzene rings is 1. The molecule has 0 saturated heterocycles. The van der Waals surface area contributed by atoms with Crippen molar-refractivity contribution in [2.24, 2.45) is 0 Å². The highest BCUT2D eigenvalue weighted by atomic mass is 32.2. The first-order valence-electron chi connectivity index (χ1n) is 5.60. The molecule has 1 heterocycles. The molecule has 7 heteroatoms. The highest BCUT2D eigenvalue weighted by molar-refractivity contribution is 7.92. The molecule has 6 nitrogen and oxygen atoms in total. The molecule has 0 aliphatic carbocycles. The minimum atomic E-state index is -3.45. The zero-order valence-corrected chi connectivity index (χ0v) is 11.3. The molecule has 1 aromatic heterocycles. The summed E-state index contributed by atoms with van der Waals surface area (Å²) < 4.78 is 24.2. The Morgan fingerprint density at radius 1 is 1.26 bits per heavy atom. The van der Waals surface area contributed by atoms with Crippen LogP contribution in [0.2, 0.25) is 0 Å². The molecular weight excluding hydrogens is 266 g/mol. The Morgan fingerprint density at radius 2 is 1.89 bits per heavy atom. The van der Waals surface area contributed by atoms with Gasteiger partial charge in [0.2, 0.25) is 5.78 Å². The van der Waals surface area contributed by atoms with Crippen LogP contribution in [0.4, 0.5) is 0 Å². The summed E-state index contributed by atoms with van der Waals surface area (Å²) in [7, 11) is -3.45. The monoisotopic (exact) mass is 279 g/mol. The van der Waals surface area contributed by atoms with Gasteiger partial charge in [-0.15, -0.1) is 5.10 Å². The fourth-order valence-electron chi connectivity index (χ4n) is 1.57. The average Bonchev–Trinajstić information content (AvgIpc) is 2.86. The standard InChI is InChI=1S/C12H13N3O3S/c1-9(19(2,17)18)12(16)11-8-13-14-15(11)10-6-4-3-5-7-10/h3-9H,1-2H3. The van der Waals surface area contributed by atoms with Crippen LogP contribution in [0.1, 0.15) is 17.4 Å². The summed E-state index contributed by atoms with van der Waals surface area (Å²) in [5, 5.41) is 6.39. The van der Waals surface area contributed by atoms with Gasteiger partial charge in [0.1, 0.15) is 10.9 Å². The van der Waals surface area contributed by atoms with Crippen molar-refractivity contribution < 1.29 is 13.2 Å². The number of aromatic nitrogens is 3. The summed E-state index contributed by atoms with van der Waals surface area (Å²) in [5.74, 6) is -0.517. The Morgan fingerprint density at radius 3 is 2.47 bits per heavy atom. The van der Waals surface area contributed by atoms with Crippen LogP contribution in [-0.2, 0) is 9.84 Å². The first kappa shape index (κ1) is 13.4. The van der Waals surface area contributed by atoms with E-state index in [-0.39, 0.29) is 5.69 Å². The van der Waals surface area contributed by atoms with Crippen LogP contribution in [0.3, 0.4) is 0 Å².